The van der Waals surface area contributed by atoms with Crippen molar-refractivity contribution in [2.45, 2.75) is 50.7 Å². The first-order chi connectivity index (χ1) is 8.55. The SMILES string of the molecule is CC(F)(Cc1cccc(O)c1)CC1CCCCN1. The molecular formula is C15H22FNO. The maximum absolute atomic E-state index is 14.6. The van der Waals surface area contributed by atoms with E-state index in [2.05, 4.69) is 5.32 Å². The van der Waals surface area contributed by atoms with Gasteiger partial charge in [0.1, 0.15) is 11.4 Å². The molecule has 2 unspecified atom stereocenters. The molecule has 2 nitrogen and oxygen atoms in total. The standard InChI is InChI=1S/C15H22FNO/c1-15(16,11-13-6-2-3-8-17-13)10-12-5-4-7-14(18)9-12/h4-5,7,9,13,17-18H,2-3,6,8,10-11H2,1H3. The van der Waals surface area contributed by atoms with Crippen molar-refractivity contribution in [3.8, 4) is 5.75 Å². The first kappa shape index (κ1) is 13.3. The molecule has 0 aromatic heterocycles. The lowest BCUT2D eigenvalue weighted by Gasteiger charge is -2.30. The van der Waals surface area contributed by atoms with E-state index in [1.165, 1.54) is 12.8 Å². The maximum Gasteiger partial charge on any atom is 0.115 e. The predicted molar refractivity (Wildman–Crippen MR) is 71.6 cm³/mol. The van der Waals surface area contributed by atoms with Crippen molar-refractivity contribution in [1.29, 1.82) is 0 Å². The van der Waals surface area contributed by atoms with Crippen LogP contribution < -0.4 is 5.32 Å². The van der Waals surface area contributed by atoms with E-state index in [4.69, 9.17) is 0 Å². The van der Waals surface area contributed by atoms with Crippen LogP contribution in [0.15, 0.2) is 24.3 Å². The predicted octanol–water partition coefficient (Wildman–Crippen LogP) is 3.20. The van der Waals surface area contributed by atoms with Crippen molar-refractivity contribution >= 4 is 0 Å². The van der Waals surface area contributed by atoms with Gasteiger partial charge in [0.2, 0.25) is 0 Å². The molecule has 1 heterocycles. The zero-order chi connectivity index (χ0) is 13.0. The van der Waals surface area contributed by atoms with Crippen LogP contribution in [-0.4, -0.2) is 23.4 Å². The number of aromatic hydroxyl groups is 1. The molecule has 0 aliphatic carbocycles. The van der Waals surface area contributed by atoms with Gasteiger partial charge in [-0.15, -0.1) is 0 Å². The van der Waals surface area contributed by atoms with Crippen LogP contribution in [0, 0.1) is 0 Å². The molecule has 1 aromatic rings. The van der Waals surface area contributed by atoms with Crippen LogP contribution in [0.4, 0.5) is 4.39 Å². The lowest BCUT2D eigenvalue weighted by atomic mass is 9.88. The fourth-order valence-electron chi connectivity index (χ4n) is 2.78. The zero-order valence-corrected chi connectivity index (χ0v) is 11.0. The topological polar surface area (TPSA) is 32.3 Å². The quantitative estimate of drug-likeness (QED) is 0.861. The lowest BCUT2D eigenvalue weighted by molar-refractivity contribution is 0.146. The highest BCUT2D eigenvalue weighted by molar-refractivity contribution is 5.28. The van der Waals surface area contributed by atoms with Crippen molar-refractivity contribution < 1.29 is 9.50 Å². The van der Waals surface area contributed by atoms with Crippen molar-refractivity contribution in [2.24, 2.45) is 0 Å². The van der Waals surface area contributed by atoms with E-state index in [1.54, 1.807) is 25.1 Å². The van der Waals surface area contributed by atoms with E-state index in [-0.39, 0.29) is 5.75 Å². The van der Waals surface area contributed by atoms with E-state index in [0.717, 1.165) is 18.5 Å². The molecular weight excluding hydrogens is 229 g/mol. The van der Waals surface area contributed by atoms with Gasteiger partial charge in [0.25, 0.3) is 0 Å². The summed E-state index contributed by atoms with van der Waals surface area (Å²) in [5.74, 6) is 0.207. The van der Waals surface area contributed by atoms with Gasteiger partial charge in [0, 0.05) is 12.5 Å². The molecule has 1 aliphatic heterocycles. The third-order valence-electron chi connectivity index (χ3n) is 3.57. The smallest absolute Gasteiger partial charge is 0.115 e. The third-order valence-corrected chi connectivity index (χ3v) is 3.57. The molecule has 2 rings (SSSR count). The number of alkyl halides is 1. The highest BCUT2D eigenvalue weighted by Crippen LogP contribution is 2.27. The number of halogens is 1. The molecule has 18 heavy (non-hydrogen) atoms. The number of hydrogen-bond donors (Lipinski definition) is 2. The molecule has 0 bridgehead atoms. The van der Waals surface area contributed by atoms with Gasteiger partial charge in [0.05, 0.1) is 0 Å². The van der Waals surface area contributed by atoms with Gasteiger partial charge in [-0.2, -0.15) is 0 Å². The Morgan fingerprint density at radius 3 is 2.94 bits per heavy atom. The second-order valence-corrected chi connectivity index (χ2v) is 5.61. The number of phenols is 1. The maximum atomic E-state index is 14.6. The second-order valence-electron chi connectivity index (χ2n) is 5.61. The summed E-state index contributed by atoms with van der Waals surface area (Å²) in [5.41, 5.74) is -0.362. The Labute approximate surface area is 108 Å². The highest BCUT2D eigenvalue weighted by atomic mass is 19.1. The van der Waals surface area contributed by atoms with Crippen LogP contribution >= 0.6 is 0 Å². The number of nitrogens with one attached hydrogen (secondary N) is 1. The summed E-state index contributed by atoms with van der Waals surface area (Å²) in [5, 5.41) is 12.8. The van der Waals surface area contributed by atoms with Gasteiger partial charge in [0.15, 0.2) is 0 Å². The van der Waals surface area contributed by atoms with Crippen LogP contribution in [-0.2, 0) is 6.42 Å². The number of rotatable bonds is 4. The Morgan fingerprint density at radius 1 is 1.44 bits per heavy atom. The van der Waals surface area contributed by atoms with Gasteiger partial charge < -0.3 is 10.4 Å². The molecule has 3 heteroatoms. The average Bonchev–Trinajstić information content (AvgIpc) is 2.28. The monoisotopic (exact) mass is 251 g/mol. The van der Waals surface area contributed by atoms with Gasteiger partial charge in [-0.25, -0.2) is 4.39 Å². The van der Waals surface area contributed by atoms with Crippen LogP contribution in [0.5, 0.6) is 5.75 Å². The molecule has 0 saturated carbocycles. The summed E-state index contributed by atoms with van der Waals surface area (Å²) in [7, 11) is 0. The summed E-state index contributed by atoms with van der Waals surface area (Å²) in [6.45, 7) is 2.67. The summed E-state index contributed by atoms with van der Waals surface area (Å²) in [6.07, 6.45) is 4.37. The van der Waals surface area contributed by atoms with Crippen LogP contribution in [0.2, 0.25) is 0 Å². The summed E-state index contributed by atoms with van der Waals surface area (Å²) in [6, 6.07) is 7.19. The Morgan fingerprint density at radius 2 is 2.28 bits per heavy atom. The molecule has 100 valence electrons. The van der Waals surface area contributed by atoms with E-state index < -0.39 is 5.67 Å². The molecule has 0 spiro atoms. The highest BCUT2D eigenvalue weighted by Gasteiger charge is 2.28. The number of hydrogen-bond acceptors (Lipinski definition) is 2. The fourth-order valence-corrected chi connectivity index (χ4v) is 2.78. The summed E-state index contributed by atoms with van der Waals surface area (Å²) < 4.78 is 14.6. The van der Waals surface area contributed by atoms with Crippen LogP contribution in [0.3, 0.4) is 0 Å². The normalized spacial score (nSPS) is 23.6. The van der Waals surface area contributed by atoms with Crippen molar-refractivity contribution in [3.63, 3.8) is 0 Å². The zero-order valence-electron chi connectivity index (χ0n) is 11.0. The van der Waals surface area contributed by atoms with E-state index in [1.807, 2.05) is 6.07 Å². The minimum absolute atomic E-state index is 0.207. The second kappa shape index (κ2) is 5.70. The van der Waals surface area contributed by atoms with Crippen molar-refractivity contribution in [3.05, 3.63) is 29.8 Å². The molecule has 0 radical (unpaired) electrons. The van der Waals surface area contributed by atoms with E-state index in [9.17, 15) is 9.50 Å². The summed E-state index contributed by atoms with van der Waals surface area (Å²) >= 11 is 0. The number of piperidine rings is 1. The fraction of sp³-hybridized carbons (Fsp3) is 0.600. The third kappa shape index (κ3) is 3.98. The largest absolute Gasteiger partial charge is 0.508 e. The lowest BCUT2D eigenvalue weighted by Crippen LogP contribution is -2.40. The molecule has 2 atom stereocenters. The minimum atomic E-state index is -1.22. The van der Waals surface area contributed by atoms with E-state index in [0.29, 0.717) is 18.9 Å². The van der Waals surface area contributed by atoms with Crippen LogP contribution in [0.25, 0.3) is 0 Å². The molecule has 0 amide bonds. The Bertz CT molecular complexity index is 386. The average molecular weight is 251 g/mol. The Balaban J connectivity index is 1.93. The minimum Gasteiger partial charge on any atom is -0.508 e. The summed E-state index contributed by atoms with van der Waals surface area (Å²) in [4.78, 5) is 0. The van der Waals surface area contributed by atoms with Gasteiger partial charge in [-0.3, -0.25) is 0 Å². The Kier molecular flexibility index (Phi) is 4.23. The van der Waals surface area contributed by atoms with Gasteiger partial charge in [-0.05, 0) is 50.4 Å². The molecule has 2 N–H and O–H groups in total. The van der Waals surface area contributed by atoms with E-state index >= 15 is 0 Å². The van der Waals surface area contributed by atoms with Crippen molar-refractivity contribution in [2.75, 3.05) is 6.54 Å². The first-order valence-electron chi connectivity index (χ1n) is 6.75. The molecule has 1 fully saturated rings. The molecule has 1 saturated heterocycles. The van der Waals surface area contributed by atoms with Gasteiger partial charge in [-0.1, -0.05) is 18.6 Å². The Hall–Kier alpha value is -1.09. The molecule has 1 aromatic carbocycles. The number of benzene rings is 1. The molecule has 1 aliphatic rings. The van der Waals surface area contributed by atoms with Gasteiger partial charge >= 0.3 is 0 Å². The van der Waals surface area contributed by atoms with Crippen molar-refractivity contribution in [1.82, 2.24) is 5.32 Å². The first-order valence-corrected chi connectivity index (χ1v) is 6.75. The number of phenolic OH excluding ortho intramolecular Hbond substituents is 1. The van der Waals surface area contributed by atoms with Crippen LogP contribution in [0.1, 0.15) is 38.2 Å².